The molecule has 0 aliphatic carbocycles. The Labute approximate surface area is 521 Å². The van der Waals surface area contributed by atoms with Crippen molar-refractivity contribution in [2.75, 3.05) is 88.4 Å². The van der Waals surface area contributed by atoms with E-state index in [0.29, 0.717) is 114 Å². The van der Waals surface area contributed by atoms with Gasteiger partial charge in [0.05, 0.1) is 34.8 Å². The third-order valence-electron chi connectivity index (χ3n) is 18.6. The van der Waals surface area contributed by atoms with E-state index in [4.69, 9.17) is 25.4 Å². The van der Waals surface area contributed by atoms with Gasteiger partial charge in [0.1, 0.15) is 58.4 Å². The molecule has 0 saturated carbocycles. The van der Waals surface area contributed by atoms with Crippen LogP contribution < -0.4 is 19.9 Å². The van der Waals surface area contributed by atoms with E-state index < -0.39 is 34.9 Å². The van der Waals surface area contributed by atoms with Gasteiger partial charge in [-0.1, -0.05) is 55.3 Å². The number of anilines is 2. The quantitative estimate of drug-likeness (QED) is 0.0865. The number of hydrogen-bond donors (Lipinski definition) is 2. The van der Waals surface area contributed by atoms with Crippen LogP contribution in [0.1, 0.15) is 109 Å². The van der Waals surface area contributed by atoms with Crippen molar-refractivity contribution in [3.05, 3.63) is 102 Å². The number of aryl methyl sites for hydroxylation is 1. The van der Waals surface area contributed by atoms with Gasteiger partial charge in [0.25, 0.3) is 0 Å². The summed E-state index contributed by atoms with van der Waals surface area (Å²) in [6, 6.07) is 15.8. The summed E-state index contributed by atoms with van der Waals surface area (Å²) < 4.78 is 69.2. The lowest BCUT2D eigenvalue weighted by Crippen LogP contribution is -2.57. The average molecular weight is 1230 g/mol. The molecule has 23 heteroatoms. The number of nitrogens with zero attached hydrogens (tertiary/aromatic N) is 12. The molecule has 5 atom stereocenters. The van der Waals surface area contributed by atoms with E-state index in [1.54, 1.807) is 16.0 Å². The SMILES string of the molecule is C#Cc1c(F)ccc2cc(O)cc(-c3ncc4c(N5CC6CCC(C5)N6C(=O)OC(C)(C)C)nc(OCCN5CCC(F)(CN6CCN(c7cc(C(C(=O)N8CCCC8C(=O)NC(C)c8ccc(-c9ccnn9C)cc8)C(C)C)on7)CC6)CC5)nc4c3F)c12. The van der Waals surface area contributed by atoms with Crippen LogP contribution in [0.2, 0.25) is 0 Å². The van der Waals surface area contributed by atoms with E-state index in [2.05, 4.69) is 46.2 Å². The third kappa shape index (κ3) is 12.6. The first kappa shape index (κ1) is 61.7. The standard InChI is InChI=1S/C67H78F3N13O7/c1-9-48-51(68)19-16-44-33-47(84)34-49(57(44)48)59-58(69)60-50(36-71-59)61(81-37-45-17-18-46(38-81)83(45)65(87)89-66(5,6)7)75-64(74-60)88-32-31-78-25-21-67(70,22-26-78)39-79-27-29-80(30-28-79)55-35-54(90-76-55)56(40(2)3)63(86)82-24-10-11-53(82)62(85)73-41(4)42-12-14-43(15-13-42)52-20-23-72-77(52)8/h1,12-16,19-20,23,33-36,40-41,45-46,53,56,84H,10-11,17-18,21-22,24-32,37-39H2,2-8H3,(H,73,85). The van der Waals surface area contributed by atoms with Crippen molar-refractivity contribution in [1.82, 2.24) is 54.8 Å². The Morgan fingerprint density at radius 1 is 0.900 bits per heavy atom. The number of phenols is 1. The summed E-state index contributed by atoms with van der Waals surface area (Å²) in [5.74, 6) is 0.956. The van der Waals surface area contributed by atoms with Gasteiger partial charge in [0.15, 0.2) is 17.4 Å². The zero-order valence-corrected chi connectivity index (χ0v) is 52.1. The van der Waals surface area contributed by atoms with Crippen molar-refractivity contribution in [3.8, 4) is 46.6 Å². The predicted molar refractivity (Wildman–Crippen MR) is 335 cm³/mol. The number of terminal acetylenes is 1. The number of alkyl halides is 1. The van der Waals surface area contributed by atoms with Crippen LogP contribution in [0.3, 0.4) is 0 Å². The van der Waals surface area contributed by atoms with Crippen LogP contribution in [-0.2, 0) is 21.4 Å². The summed E-state index contributed by atoms with van der Waals surface area (Å²) in [7, 11) is 1.90. The molecule has 90 heavy (non-hydrogen) atoms. The van der Waals surface area contributed by atoms with Gasteiger partial charge in [-0.3, -0.25) is 34.0 Å². The summed E-state index contributed by atoms with van der Waals surface area (Å²) >= 11 is 0. The second-order valence-electron chi connectivity index (χ2n) is 26.1. The summed E-state index contributed by atoms with van der Waals surface area (Å²) in [6.45, 7) is 16.8. The zero-order chi connectivity index (χ0) is 63.3. The molecule has 2 N–H and O–H groups in total. The van der Waals surface area contributed by atoms with E-state index in [1.165, 1.54) is 30.5 Å². The van der Waals surface area contributed by atoms with Crippen molar-refractivity contribution in [2.45, 2.75) is 121 Å². The molecule has 5 unspecified atom stereocenters. The molecule has 5 aliphatic rings. The van der Waals surface area contributed by atoms with Crippen molar-refractivity contribution in [2.24, 2.45) is 13.0 Å². The lowest BCUT2D eigenvalue weighted by Gasteiger charge is -2.42. The Hall–Kier alpha value is -8.49. The molecule has 0 spiro atoms. The molecule has 4 aromatic heterocycles. The fourth-order valence-electron chi connectivity index (χ4n) is 13.9. The van der Waals surface area contributed by atoms with Gasteiger partial charge in [0.2, 0.25) is 11.8 Å². The van der Waals surface area contributed by atoms with Crippen LogP contribution in [0.5, 0.6) is 11.8 Å². The Morgan fingerprint density at radius 3 is 2.31 bits per heavy atom. The Bertz CT molecular complexity index is 3850. The third-order valence-corrected chi connectivity index (χ3v) is 18.6. The molecule has 7 aromatic rings. The Kier molecular flexibility index (Phi) is 17.2. The molecule has 3 amide bonds. The molecule has 5 aliphatic heterocycles. The van der Waals surface area contributed by atoms with E-state index in [-0.39, 0.29) is 100.0 Å². The molecular weight excluding hydrogens is 1160 g/mol. The molecule has 2 bridgehead atoms. The maximum atomic E-state index is 17.4. The number of ether oxygens (including phenoxy) is 2. The van der Waals surface area contributed by atoms with Gasteiger partial charge in [-0.05, 0) is 113 Å². The number of halogens is 3. The number of hydrogen-bond acceptors (Lipinski definition) is 16. The second-order valence-corrected chi connectivity index (χ2v) is 26.1. The highest BCUT2D eigenvalue weighted by Crippen LogP contribution is 2.42. The van der Waals surface area contributed by atoms with E-state index >= 15 is 13.2 Å². The number of aromatic nitrogens is 6. The maximum Gasteiger partial charge on any atom is 0.410 e. The van der Waals surface area contributed by atoms with Crippen LogP contribution >= 0.6 is 0 Å². The zero-order valence-electron chi connectivity index (χ0n) is 52.1. The number of carbonyl (C=O) groups excluding carboxylic acids is 3. The first-order valence-corrected chi connectivity index (χ1v) is 31.3. The van der Waals surface area contributed by atoms with Crippen molar-refractivity contribution >= 4 is 51.2 Å². The normalized spacial score (nSPS) is 20.4. The molecule has 5 fully saturated rings. The van der Waals surface area contributed by atoms with Gasteiger partial charge >= 0.3 is 12.1 Å². The highest BCUT2D eigenvalue weighted by Gasteiger charge is 2.46. The molecule has 9 heterocycles. The lowest BCUT2D eigenvalue weighted by molar-refractivity contribution is -0.141. The Morgan fingerprint density at radius 2 is 1.63 bits per heavy atom. The molecule has 474 valence electrons. The Balaban J connectivity index is 0.660. The second kappa shape index (κ2) is 25.1. The predicted octanol–water partition coefficient (Wildman–Crippen LogP) is 9.40. The monoisotopic (exact) mass is 1230 g/mol. The van der Waals surface area contributed by atoms with Crippen LogP contribution in [-0.4, -0.2) is 180 Å². The number of carbonyl (C=O) groups is 3. The van der Waals surface area contributed by atoms with Crippen LogP contribution in [0, 0.1) is 29.9 Å². The highest BCUT2D eigenvalue weighted by molar-refractivity contribution is 6.03. The molecule has 20 nitrogen and oxygen atoms in total. The van der Waals surface area contributed by atoms with Gasteiger partial charge < -0.3 is 39.1 Å². The average Bonchev–Trinajstić information content (AvgIpc) is 1.02. The molecule has 12 rings (SSSR count). The molecular formula is C67H78F3N13O7. The number of pyridine rings is 1. The summed E-state index contributed by atoms with van der Waals surface area (Å²) in [5, 5.41) is 23.5. The number of benzene rings is 3. The minimum atomic E-state index is -1.42. The number of amides is 3. The lowest BCUT2D eigenvalue weighted by atomic mass is 9.91. The van der Waals surface area contributed by atoms with Gasteiger partial charge in [-0.25, -0.2) is 18.0 Å². The number of fused-ring (bicyclic) bond motifs is 4. The van der Waals surface area contributed by atoms with Crippen molar-refractivity contribution in [1.29, 1.82) is 0 Å². The maximum absolute atomic E-state index is 17.4. The summed E-state index contributed by atoms with van der Waals surface area (Å²) in [5.41, 5.74) is 0.522. The van der Waals surface area contributed by atoms with E-state index in [0.717, 1.165) is 29.7 Å². The van der Waals surface area contributed by atoms with E-state index in [1.807, 2.05) is 94.6 Å². The van der Waals surface area contributed by atoms with Gasteiger partial charge in [-0.2, -0.15) is 15.1 Å². The number of piperidine rings is 1. The number of nitrogens with one attached hydrogen (secondary N) is 1. The van der Waals surface area contributed by atoms with Crippen LogP contribution in [0.25, 0.3) is 44.2 Å². The van der Waals surface area contributed by atoms with E-state index in [9.17, 15) is 19.5 Å². The van der Waals surface area contributed by atoms with Crippen molar-refractivity contribution < 1.29 is 46.7 Å². The first-order valence-electron chi connectivity index (χ1n) is 31.3. The fraction of sp³-hybridized carbons (Fsp3) is 0.493. The molecule has 3 aromatic carbocycles. The van der Waals surface area contributed by atoms with Gasteiger partial charge in [-0.15, -0.1) is 6.42 Å². The molecule has 0 radical (unpaired) electrons. The first-order chi connectivity index (χ1) is 43.1. The smallest absolute Gasteiger partial charge is 0.410 e. The number of likely N-dealkylation sites (tertiary alicyclic amines) is 2. The summed E-state index contributed by atoms with van der Waals surface area (Å²) in [4.78, 5) is 67.7. The van der Waals surface area contributed by atoms with Crippen LogP contribution in [0.4, 0.5) is 29.6 Å². The van der Waals surface area contributed by atoms with Crippen LogP contribution in [0.15, 0.2) is 77.6 Å². The number of phenolic OH excluding ortho intramolecular Hbond substituents is 1. The molecule has 5 saturated heterocycles. The van der Waals surface area contributed by atoms with Crippen molar-refractivity contribution in [3.63, 3.8) is 0 Å². The van der Waals surface area contributed by atoms with Gasteiger partial charge in [0, 0.05) is 108 Å². The minimum absolute atomic E-state index is 0.0788. The highest BCUT2D eigenvalue weighted by atomic mass is 19.1. The minimum Gasteiger partial charge on any atom is -0.508 e. The number of aromatic hydroxyl groups is 1. The topological polar surface area (TPSA) is 204 Å². The summed E-state index contributed by atoms with van der Waals surface area (Å²) in [6.07, 6.45) is 12.0. The fourth-order valence-corrected chi connectivity index (χ4v) is 13.9. The number of rotatable bonds is 16. The largest absolute Gasteiger partial charge is 0.508 e. The number of piperazine rings is 2.